The Hall–Kier alpha value is -1.71. The predicted octanol–water partition coefficient (Wildman–Crippen LogP) is 1.35. The molecule has 20 heavy (non-hydrogen) atoms. The summed E-state index contributed by atoms with van der Waals surface area (Å²) in [7, 11) is -3.94. The number of unbranched alkanes of at least 4 members (excludes halogenated alkanes) is 2. The number of nitrogens with two attached hydrogens (primary N) is 1. The Bertz CT molecular complexity index is 574. The predicted molar refractivity (Wildman–Crippen MR) is 75.6 cm³/mol. The van der Waals surface area contributed by atoms with Crippen molar-refractivity contribution in [2.75, 3.05) is 12.0 Å². The maximum absolute atomic E-state index is 12.1. The molecule has 4 N–H and O–H groups in total. The van der Waals surface area contributed by atoms with Crippen LogP contribution in [0.1, 0.15) is 26.2 Å². The van der Waals surface area contributed by atoms with Crippen LogP contribution in [0.15, 0.2) is 23.1 Å². The summed E-state index contributed by atoms with van der Waals surface area (Å²) in [5, 5.41) is 11.0. The lowest BCUT2D eigenvalue weighted by molar-refractivity contribution is -0.386. The number of benzene rings is 1. The fourth-order valence-corrected chi connectivity index (χ4v) is 2.97. The van der Waals surface area contributed by atoms with Gasteiger partial charge >= 0.3 is 5.69 Å². The minimum absolute atomic E-state index is 0.0496. The molecule has 0 radical (unpaired) electrons. The van der Waals surface area contributed by atoms with Crippen LogP contribution in [0.4, 0.5) is 11.4 Å². The van der Waals surface area contributed by atoms with Gasteiger partial charge in [-0.15, -0.1) is 0 Å². The van der Waals surface area contributed by atoms with Gasteiger partial charge in [0.2, 0.25) is 10.0 Å². The van der Waals surface area contributed by atoms with Crippen molar-refractivity contribution in [1.82, 2.24) is 4.72 Å². The topological polar surface area (TPSA) is 127 Å². The van der Waals surface area contributed by atoms with E-state index in [0.717, 1.165) is 12.8 Å². The number of rotatable bonds is 8. The van der Waals surface area contributed by atoms with E-state index in [1.54, 1.807) is 0 Å². The zero-order valence-corrected chi connectivity index (χ0v) is 11.9. The second-order valence-corrected chi connectivity index (χ2v) is 5.89. The van der Waals surface area contributed by atoms with Crippen LogP contribution < -0.4 is 16.0 Å². The normalized spacial score (nSPS) is 11.3. The average Bonchev–Trinajstić information content (AvgIpc) is 2.42. The van der Waals surface area contributed by atoms with Gasteiger partial charge in [0.15, 0.2) is 4.90 Å². The second-order valence-electron chi connectivity index (χ2n) is 4.16. The Labute approximate surface area is 117 Å². The minimum atomic E-state index is -3.94. The molecule has 8 nitrogen and oxygen atoms in total. The third-order valence-electron chi connectivity index (χ3n) is 2.70. The first-order valence-corrected chi connectivity index (χ1v) is 7.66. The van der Waals surface area contributed by atoms with Crippen LogP contribution in [0.2, 0.25) is 0 Å². The Balaban J connectivity index is 3.08. The largest absolute Gasteiger partial charge is 0.318 e. The van der Waals surface area contributed by atoms with Crippen LogP contribution >= 0.6 is 0 Å². The molecule has 0 saturated carbocycles. The first-order valence-electron chi connectivity index (χ1n) is 6.17. The van der Waals surface area contributed by atoms with E-state index in [0.29, 0.717) is 6.42 Å². The molecule has 112 valence electrons. The van der Waals surface area contributed by atoms with Gasteiger partial charge in [0.25, 0.3) is 0 Å². The highest BCUT2D eigenvalue weighted by Crippen LogP contribution is 2.31. The zero-order valence-electron chi connectivity index (χ0n) is 11.1. The molecule has 0 amide bonds. The molecular formula is C11H18N4O4S. The number of anilines is 1. The lowest BCUT2D eigenvalue weighted by atomic mass is 10.3. The molecule has 0 fully saturated rings. The van der Waals surface area contributed by atoms with Crippen LogP contribution in [0.25, 0.3) is 0 Å². The molecule has 0 aromatic heterocycles. The number of hydrogen-bond donors (Lipinski definition) is 3. The summed E-state index contributed by atoms with van der Waals surface area (Å²) in [6.07, 6.45) is 2.52. The number of nitrogens with zero attached hydrogens (tertiary/aromatic N) is 1. The molecule has 1 aromatic rings. The van der Waals surface area contributed by atoms with E-state index < -0.39 is 25.5 Å². The van der Waals surface area contributed by atoms with Gasteiger partial charge in [-0.2, -0.15) is 0 Å². The summed E-state index contributed by atoms with van der Waals surface area (Å²) in [5.74, 6) is 5.17. The van der Waals surface area contributed by atoms with Crippen molar-refractivity contribution in [3.8, 4) is 0 Å². The molecule has 0 spiro atoms. The summed E-state index contributed by atoms with van der Waals surface area (Å²) in [6.45, 7) is 2.24. The minimum Gasteiger partial charge on any atom is -0.318 e. The van der Waals surface area contributed by atoms with Gasteiger partial charge in [-0.25, -0.2) is 13.1 Å². The van der Waals surface area contributed by atoms with Crippen LogP contribution in [0, 0.1) is 10.1 Å². The number of hydrazine groups is 1. The van der Waals surface area contributed by atoms with Gasteiger partial charge in [-0.3, -0.25) is 16.0 Å². The van der Waals surface area contributed by atoms with Crippen molar-refractivity contribution in [1.29, 1.82) is 0 Å². The standard InChI is InChI=1S/C11H18N4O4S/c1-2-3-4-8-13-20(18,19)10-7-5-6-9(14-12)11(10)15(16)17/h5-7,13-14H,2-4,8,12H2,1H3. The third-order valence-corrected chi connectivity index (χ3v) is 4.19. The van der Waals surface area contributed by atoms with Crippen molar-refractivity contribution in [3.63, 3.8) is 0 Å². The highest BCUT2D eigenvalue weighted by atomic mass is 32.2. The third kappa shape index (κ3) is 3.89. The number of nitro groups is 1. The Morgan fingerprint density at radius 2 is 2.05 bits per heavy atom. The Morgan fingerprint density at radius 3 is 2.60 bits per heavy atom. The van der Waals surface area contributed by atoms with Crippen LogP contribution in [-0.4, -0.2) is 19.9 Å². The molecular weight excluding hydrogens is 284 g/mol. The van der Waals surface area contributed by atoms with Gasteiger partial charge < -0.3 is 5.43 Å². The van der Waals surface area contributed by atoms with Crippen molar-refractivity contribution >= 4 is 21.4 Å². The first kappa shape index (κ1) is 16.3. The van der Waals surface area contributed by atoms with E-state index in [2.05, 4.69) is 10.1 Å². The van der Waals surface area contributed by atoms with Gasteiger partial charge in [0, 0.05) is 6.54 Å². The molecule has 0 heterocycles. The van der Waals surface area contributed by atoms with E-state index in [1.807, 2.05) is 6.92 Å². The SMILES string of the molecule is CCCCCNS(=O)(=O)c1cccc(NN)c1[N+](=O)[O-]. The fraction of sp³-hybridized carbons (Fsp3) is 0.455. The molecule has 1 aromatic carbocycles. The molecule has 0 atom stereocenters. The van der Waals surface area contributed by atoms with Crippen LogP contribution in [0.3, 0.4) is 0 Å². The molecule has 9 heteroatoms. The molecule has 1 rings (SSSR count). The molecule has 0 aliphatic heterocycles. The van der Waals surface area contributed by atoms with Gasteiger partial charge in [0.1, 0.15) is 5.69 Å². The van der Waals surface area contributed by atoms with Crippen molar-refractivity contribution < 1.29 is 13.3 Å². The molecule has 0 aliphatic rings. The number of sulfonamides is 1. The second kappa shape index (κ2) is 7.17. The summed E-state index contributed by atoms with van der Waals surface area (Å²) in [5.41, 5.74) is 1.52. The fourth-order valence-electron chi connectivity index (χ4n) is 1.70. The zero-order chi connectivity index (χ0) is 15.2. The Morgan fingerprint density at radius 1 is 1.35 bits per heavy atom. The highest BCUT2D eigenvalue weighted by molar-refractivity contribution is 7.89. The van der Waals surface area contributed by atoms with Crippen molar-refractivity contribution in [2.45, 2.75) is 31.1 Å². The number of para-hydroxylation sites is 1. The molecule has 0 unspecified atom stereocenters. The van der Waals surface area contributed by atoms with Gasteiger partial charge in [0.05, 0.1) is 4.92 Å². The number of nitro benzene ring substituents is 1. The maximum Gasteiger partial charge on any atom is 0.313 e. The number of nitrogen functional groups attached to an aromatic ring is 1. The number of hydrogen-bond acceptors (Lipinski definition) is 6. The van der Waals surface area contributed by atoms with Crippen LogP contribution in [-0.2, 0) is 10.0 Å². The van der Waals surface area contributed by atoms with E-state index in [-0.39, 0.29) is 12.2 Å². The summed E-state index contributed by atoms with van der Waals surface area (Å²) >= 11 is 0. The van der Waals surface area contributed by atoms with Gasteiger partial charge in [-0.05, 0) is 18.6 Å². The van der Waals surface area contributed by atoms with E-state index in [9.17, 15) is 18.5 Å². The van der Waals surface area contributed by atoms with Crippen LogP contribution in [0.5, 0.6) is 0 Å². The van der Waals surface area contributed by atoms with E-state index >= 15 is 0 Å². The lowest BCUT2D eigenvalue weighted by Crippen LogP contribution is -2.26. The monoisotopic (exact) mass is 302 g/mol. The molecule has 0 bridgehead atoms. The molecule has 0 saturated heterocycles. The Kier molecular flexibility index (Phi) is 5.86. The van der Waals surface area contributed by atoms with Gasteiger partial charge in [-0.1, -0.05) is 25.8 Å². The molecule has 0 aliphatic carbocycles. The quantitative estimate of drug-likeness (QED) is 0.288. The summed E-state index contributed by atoms with van der Waals surface area (Å²) in [6, 6.07) is 3.91. The van der Waals surface area contributed by atoms with Crippen molar-refractivity contribution in [2.24, 2.45) is 5.84 Å². The first-order chi connectivity index (χ1) is 9.44. The lowest BCUT2D eigenvalue weighted by Gasteiger charge is -2.09. The maximum atomic E-state index is 12.1. The van der Waals surface area contributed by atoms with E-state index in [1.165, 1.54) is 18.2 Å². The highest BCUT2D eigenvalue weighted by Gasteiger charge is 2.28. The summed E-state index contributed by atoms with van der Waals surface area (Å²) < 4.78 is 26.6. The number of nitrogens with one attached hydrogen (secondary N) is 2. The van der Waals surface area contributed by atoms with Crippen molar-refractivity contribution in [3.05, 3.63) is 28.3 Å². The average molecular weight is 302 g/mol. The smallest absolute Gasteiger partial charge is 0.313 e. The summed E-state index contributed by atoms with van der Waals surface area (Å²) in [4.78, 5) is 9.88. The van der Waals surface area contributed by atoms with E-state index in [4.69, 9.17) is 5.84 Å².